The van der Waals surface area contributed by atoms with Gasteiger partial charge in [-0.15, -0.1) is 5.92 Å². The van der Waals surface area contributed by atoms with Crippen LogP contribution in [0.3, 0.4) is 0 Å². The van der Waals surface area contributed by atoms with Crippen molar-refractivity contribution < 1.29 is 14.3 Å². The maximum absolute atomic E-state index is 12.7. The SMILES string of the molecule is CCCCCCC#CC(C)(C(=O)OCC)C(=O)c1ccccc1. The Balaban J connectivity index is 2.92. The van der Waals surface area contributed by atoms with Crippen molar-refractivity contribution in [1.29, 1.82) is 0 Å². The Kier molecular flexibility index (Phi) is 8.11. The van der Waals surface area contributed by atoms with Crippen LogP contribution in [0.1, 0.15) is 63.2 Å². The van der Waals surface area contributed by atoms with Crippen molar-refractivity contribution in [3.05, 3.63) is 35.9 Å². The average Bonchev–Trinajstić information content (AvgIpc) is 2.58. The Morgan fingerprint density at radius 2 is 1.78 bits per heavy atom. The molecular formula is C20H26O3. The summed E-state index contributed by atoms with van der Waals surface area (Å²) in [4.78, 5) is 25.0. The zero-order chi connectivity index (χ0) is 17.1. The fourth-order valence-electron chi connectivity index (χ4n) is 2.23. The maximum atomic E-state index is 12.7. The Hall–Kier alpha value is -2.08. The number of ketones is 1. The van der Waals surface area contributed by atoms with E-state index in [-0.39, 0.29) is 12.4 Å². The molecule has 0 amide bonds. The molecule has 0 saturated heterocycles. The van der Waals surface area contributed by atoms with Gasteiger partial charge in [0.25, 0.3) is 0 Å². The lowest BCUT2D eigenvalue weighted by Gasteiger charge is -2.20. The molecule has 3 nitrogen and oxygen atoms in total. The van der Waals surface area contributed by atoms with Gasteiger partial charge in [0.05, 0.1) is 6.61 Å². The number of unbranched alkanes of at least 4 members (excludes halogenated alkanes) is 4. The first-order valence-electron chi connectivity index (χ1n) is 8.33. The van der Waals surface area contributed by atoms with Gasteiger partial charge in [0.15, 0.2) is 11.2 Å². The van der Waals surface area contributed by atoms with E-state index in [9.17, 15) is 9.59 Å². The normalized spacial score (nSPS) is 12.7. The predicted octanol–water partition coefficient (Wildman–Crippen LogP) is 4.41. The molecule has 1 aromatic carbocycles. The lowest BCUT2D eigenvalue weighted by molar-refractivity contribution is -0.148. The molecule has 1 rings (SSSR count). The molecule has 0 spiro atoms. The van der Waals surface area contributed by atoms with Crippen LogP contribution in [-0.4, -0.2) is 18.4 Å². The summed E-state index contributed by atoms with van der Waals surface area (Å²) in [6.07, 6.45) is 5.14. The number of carbonyl (C=O) groups is 2. The highest BCUT2D eigenvalue weighted by Crippen LogP contribution is 2.24. The Morgan fingerprint density at radius 3 is 2.39 bits per heavy atom. The number of Topliss-reactive ketones (excluding diaryl/α,β-unsaturated/α-hetero) is 1. The minimum Gasteiger partial charge on any atom is -0.465 e. The Bertz CT molecular complexity index is 566. The van der Waals surface area contributed by atoms with Crippen LogP contribution in [0.25, 0.3) is 0 Å². The highest BCUT2D eigenvalue weighted by Gasteiger charge is 2.41. The summed E-state index contributed by atoms with van der Waals surface area (Å²) in [6, 6.07) is 8.78. The van der Waals surface area contributed by atoms with Crippen LogP contribution < -0.4 is 0 Å². The van der Waals surface area contributed by atoms with E-state index in [1.807, 2.05) is 6.07 Å². The molecule has 1 unspecified atom stereocenters. The largest absolute Gasteiger partial charge is 0.465 e. The molecule has 1 atom stereocenters. The summed E-state index contributed by atoms with van der Waals surface area (Å²) in [5.74, 6) is 5.00. The smallest absolute Gasteiger partial charge is 0.332 e. The number of ether oxygens (including phenoxy) is 1. The number of hydrogen-bond acceptors (Lipinski definition) is 3. The van der Waals surface area contributed by atoms with E-state index in [2.05, 4.69) is 18.8 Å². The minimum atomic E-state index is -1.44. The molecule has 124 valence electrons. The van der Waals surface area contributed by atoms with Gasteiger partial charge < -0.3 is 4.74 Å². The van der Waals surface area contributed by atoms with Gasteiger partial charge in [0.2, 0.25) is 0 Å². The predicted molar refractivity (Wildman–Crippen MR) is 92.0 cm³/mol. The van der Waals surface area contributed by atoms with E-state index >= 15 is 0 Å². The van der Waals surface area contributed by atoms with Gasteiger partial charge in [-0.1, -0.05) is 62.4 Å². The molecule has 0 radical (unpaired) electrons. The Morgan fingerprint density at radius 1 is 1.09 bits per heavy atom. The van der Waals surface area contributed by atoms with Crippen LogP contribution in [0, 0.1) is 17.3 Å². The van der Waals surface area contributed by atoms with E-state index in [1.54, 1.807) is 38.1 Å². The first-order valence-corrected chi connectivity index (χ1v) is 8.33. The van der Waals surface area contributed by atoms with Crippen molar-refractivity contribution in [1.82, 2.24) is 0 Å². The topological polar surface area (TPSA) is 43.4 Å². The fraction of sp³-hybridized carbons (Fsp3) is 0.500. The monoisotopic (exact) mass is 314 g/mol. The zero-order valence-corrected chi connectivity index (χ0v) is 14.4. The van der Waals surface area contributed by atoms with Gasteiger partial charge in [-0.2, -0.15) is 0 Å². The second-order valence-corrected chi connectivity index (χ2v) is 5.65. The quantitative estimate of drug-likeness (QED) is 0.235. The molecule has 0 fully saturated rings. The Labute approximate surface area is 139 Å². The summed E-state index contributed by atoms with van der Waals surface area (Å²) in [7, 11) is 0. The third-order valence-corrected chi connectivity index (χ3v) is 3.67. The molecule has 3 heteroatoms. The average molecular weight is 314 g/mol. The minimum absolute atomic E-state index is 0.231. The number of carbonyl (C=O) groups excluding carboxylic acids is 2. The van der Waals surface area contributed by atoms with Crippen LogP contribution in [-0.2, 0) is 9.53 Å². The molecule has 0 bridgehead atoms. The van der Waals surface area contributed by atoms with Crippen molar-refractivity contribution in [2.75, 3.05) is 6.61 Å². The standard InChI is InChI=1S/C20H26O3/c1-4-6-7-8-9-13-16-20(3,19(22)23-5-2)18(21)17-14-11-10-12-15-17/h10-12,14-15H,4-9H2,1-3H3. The van der Waals surface area contributed by atoms with Gasteiger partial charge in [0, 0.05) is 12.0 Å². The molecule has 0 aliphatic rings. The first kappa shape index (κ1) is 19.0. The molecule has 0 aromatic heterocycles. The van der Waals surface area contributed by atoms with Gasteiger partial charge in [-0.3, -0.25) is 4.79 Å². The molecule has 0 heterocycles. The number of esters is 1. The molecule has 23 heavy (non-hydrogen) atoms. The second kappa shape index (κ2) is 9.84. The molecular weight excluding hydrogens is 288 g/mol. The summed E-state index contributed by atoms with van der Waals surface area (Å²) in [5.41, 5.74) is -0.967. The highest BCUT2D eigenvalue weighted by atomic mass is 16.5. The number of benzene rings is 1. The maximum Gasteiger partial charge on any atom is 0.332 e. The fourth-order valence-corrected chi connectivity index (χ4v) is 2.23. The summed E-state index contributed by atoms with van der Waals surface area (Å²) in [6.45, 7) is 5.67. The van der Waals surface area contributed by atoms with E-state index in [0.29, 0.717) is 12.0 Å². The van der Waals surface area contributed by atoms with E-state index < -0.39 is 11.4 Å². The van der Waals surface area contributed by atoms with Crippen molar-refractivity contribution in [2.24, 2.45) is 5.41 Å². The molecule has 0 aliphatic heterocycles. The van der Waals surface area contributed by atoms with Gasteiger partial charge in [-0.25, -0.2) is 4.79 Å². The molecule has 1 aromatic rings. The number of rotatable bonds is 8. The molecule has 0 N–H and O–H groups in total. The van der Waals surface area contributed by atoms with Crippen LogP contribution in [0.4, 0.5) is 0 Å². The highest BCUT2D eigenvalue weighted by molar-refractivity contribution is 6.14. The van der Waals surface area contributed by atoms with Gasteiger partial charge in [0.1, 0.15) is 0 Å². The van der Waals surface area contributed by atoms with Crippen molar-refractivity contribution in [2.45, 2.75) is 52.9 Å². The van der Waals surface area contributed by atoms with Gasteiger partial charge >= 0.3 is 5.97 Å². The lowest BCUT2D eigenvalue weighted by Crippen LogP contribution is -2.37. The van der Waals surface area contributed by atoms with Crippen molar-refractivity contribution >= 4 is 11.8 Å². The van der Waals surface area contributed by atoms with Gasteiger partial charge in [-0.05, 0) is 20.3 Å². The summed E-state index contributed by atoms with van der Waals surface area (Å²) < 4.78 is 5.08. The third kappa shape index (κ3) is 5.56. The van der Waals surface area contributed by atoms with E-state index in [0.717, 1.165) is 12.8 Å². The second-order valence-electron chi connectivity index (χ2n) is 5.65. The van der Waals surface area contributed by atoms with Crippen LogP contribution in [0.15, 0.2) is 30.3 Å². The molecule has 0 aliphatic carbocycles. The van der Waals surface area contributed by atoms with Crippen molar-refractivity contribution in [3.8, 4) is 11.8 Å². The van der Waals surface area contributed by atoms with E-state index in [1.165, 1.54) is 12.8 Å². The first-order chi connectivity index (χ1) is 11.1. The third-order valence-electron chi connectivity index (χ3n) is 3.67. The lowest BCUT2D eigenvalue weighted by atomic mass is 9.82. The van der Waals surface area contributed by atoms with Crippen LogP contribution >= 0.6 is 0 Å². The van der Waals surface area contributed by atoms with Crippen LogP contribution in [0.2, 0.25) is 0 Å². The number of hydrogen-bond donors (Lipinski definition) is 0. The van der Waals surface area contributed by atoms with Crippen LogP contribution in [0.5, 0.6) is 0 Å². The van der Waals surface area contributed by atoms with Crippen molar-refractivity contribution in [3.63, 3.8) is 0 Å². The summed E-state index contributed by atoms with van der Waals surface area (Å²) >= 11 is 0. The van der Waals surface area contributed by atoms with E-state index in [4.69, 9.17) is 4.74 Å². The summed E-state index contributed by atoms with van der Waals surface area (Å²) in [5, 5.41) is 0. The molecule has 0 saturated carbocycles. The zero-order valence-electron chi connectivity index (χ0n) is 14.4.